The molecule has 1 aliphatic rings. The first-order chi connectivity index (χ1) is 15.6. The van der Waals surface area contributed by atoms with E-state index in [1.165, 1.54) is 31.2 Å². The van der Waals surface area contributed by atoms with Crippen LogP contribution in [0, 0.1) is 39.7 Å². The summed E-state index contributed by atoms with van der Waals surface area (Å²) in [6, 6.07) is 7.71. The summed E-state index contributed by atoms with van der Waals surface area (Å²) in [5.41, 5.74) is -0.118. The third-order valence-corrected chi connectivity index (χ3v) is 5.49. The molecule has 0 unspecified atom stereocenters. The predicted octanol–water partition coefficient (Wildman–Crippen LogP) is 5.19. The van der Waals surface area contributed by atoms with E-state index in [1.807, 2.05) is 6.92 Å². The van der Waals surface area contributed by atoms with E-state index in [2.05, 4.69) is 16.8 Å². The number of alkyl halides is 2. The molecule has 2 aromatic carbocycles. The van der Waals surface area contributed by atoms with Gasteiger partial charge in [0.1, 0.15) is 23.3 Å². The van der Waals surface area contributed by atoms with Crippen molar-refractivity contribution in [2.75, 3.05) is 11.4 Å². The van der Waals surface area contributed by atoms with Crippen LogP contribution in [0.25, 0.3) is 10.9 Å². The van der Waals surface area contributed by atoms with Crippen molar-refractivity contribution in [2.24, 2.45) is 5.41 Å². The Bertz CT molecular complexity index is 1380. The Kier molecular flexibility index (Phi) is 5.70. The molecule has 0 aliphatic heterocycles. The second-order valence-corrected chi connectivity index (χ2v) is 8.32. The maximum Gasteiger partial charge on any atom is 0.256 e. The Balaban J connectivity index is 1.95. The third-order valence-electron chi connectivity index (χ3n) is 5.49. The first-order valence-corrected chi connectivity index (χ1v) is 10.3. The highest BCUT2D eigenvalue weighted by Gasteiger charge is 2.35. The van der Waals surface area contributed by atoms with E-state index in [0.29, 0.717) is 5.56 Å². The van der Waals surface area contributed by atoms with Gasteiger partial charge in [-0.3, -0.25) is 15.4 Å². The molecule has 0 atom stereocenters. The summed E-state index contributed by atoms with van der Waals surface area (Å²) in [5.74, 6) is 4.18. The van der Waals surface area contributed by atoms with Gasteiger partial charge in [-0.15, -0.1) is 0 Å². The van der Waals surface area contributed by atoms with Crippen LogP contribution in [0.4, 0.5) is 29.1 Å². The van der Waals surface area contributed by atoms with E-state index >= 15 is 0 Å². The lowest BCUT2D eigenvalue weighted by Crippen LogP contribution is -2.33. The number of nitrogens with one attached hydrogen (secondary N) is 2. The van der Waals surface area contributed by atoms with E-state index < -0.39 is 30.2 Å². The molecule has 0 spiro atoms. The number of hydrogen-bond donors (Lipinski definition) is 2. The van der Waals surface area contributed by atoms with Gasteiger partial charge in [-0.05, 0) is 57.0 Å². The van der Waals surface area contributed by atoms with Gasteiger partial charge in [-0.1, -0.05) is 17.9 Å². The van der Waals surface area contributed by atoms with Crippen LogP contribution >= 0.6 is 0 Å². The first kappa shape index (κ1) is 22.5. The summed E-state index contributed by atoms with van der Waals surface area (Å²) >= 11 is 0. The molecule has 2 N–H and O–H groups in total. The quantitative estimate of drug-likeness (QED) is 0.246. The smallest absolute Gasteiger partial charge is 0.256 e. The van der Waals surface area contributed by atoms with Gasteiger partial charge in [0, 0.05) is 16.7 Å². The van der Waals surface area contributed by atoms with E-state index in [4.69, 9.17) is 10.8 Å². The van der Waals surface area contributed by atoms with Gasteiger partial charge in [0.05, 0.1) is 17.4 Å². The molecule has 0 bridgehead atoms. The summed E-state index contributed by atoms with van der Waals surface area (Å²) in [6.45, 7) is 2.48. The highest BCUT2D eigenvalue weighted by atomic mass is 19.3. The zero-order valence-electron chi connectivity index (χ0n) is 18.0. The fraction of sp³-hybridized carbons (Fsp3) is 0.292. The van der Waals surface area contributed by atoms with Crippen LogP contribution in [0.3, 0.4) is 0 Å². The van der Waals surface area contributed by atoms with Gasteiger partial charge in [-0.25, -0.2) is 17.6 Å². The van der Waals surface area contributed by atoms with Crippen molar-refractivity contribution in [3.63, 3.8) is 0 Å². The summed E-state index contributed by atoms with van der Waals surface area (Å²) < 4.78 is 57.7. The van der Waals surface area contributed by atoms with Crippen LogP contribution in [0.15, 0.2) is 36.4 Å². The average molecular weight is 455 g/mol. The van der Waals surface area contributed by atoms with Crippen LogP contribution in [0.1, 0.15) is 32.3 Å². The van der Waals surface area contributed by atoms with Crippen molar-refractivity contribution >= 4 is 28.2 Å². The standard InChI is InChI=1S/C24H21F4N5/c1-14(29)33-19-5-3-4-18(26)21(19)22(31-23(33)30)32(13-20(27)28)17-11-15(10-16(25)12-17)6-7-24(2)8-9-24/h3-5,10-12,20,29-30H,8-9,13H2,1-2H3. The molecule has 1 fully saturated rings. The van der Waals surface area contributed by atoms with Crippen molar-refractivity contribution in [1.82, 2.24) is 9.55 Å². The second-order valence-electron chi connectivity index (χ2n) is 8.32. The lowest BCUT2D eigenvalue weighted by molar-refractivity contribution is 0.157. The Labute approximate surface area is 187 Å². The molecular formula is C24H21F4N5. The summed E-state index contributed by atoms with van der Waals surface area (Å²) in [4.78, 5) is 5.04. The molecule has 4 rings (SSSR count). The maximum absolute atomic E-state index is 15.0. The number of halogens is 4. The van der Waals surface area contributed by atoms with Crippen molar-refractivity contribution in [3.8, 4) is 11.8 Å². The van der Waals surface area contributed by atoms with Crippen molar-refractivity contribution in [2.45, 2.75) is 33.1 Å². The van der Waals surface area contributed by atoms with Crippen molar-refractivity contribution in [1.29, 1.82) is 10.8 Å². The fourth-order valence-electron chi connectivity index (χ4n) is 3.57. The molecule has 9 heteroatoms. The Hall–Kier alpha value is -3.67. The molecule has 1 saturated carbocycles. The lowest BCUT2D eigenvalue weighted by Gasteiger charge is -2.26. The van der Waals surface area contributed by atoms with Gasteiger partial charge in [0.2, 0.25) is 5.62 Å². The molecule has 1 heterocycles. The van der Waals surface area contributed by atoms with Crippen LogP contribution < -0.4 is 10.5 Å². The minimum Gasteiger partial charge on any atom is -0.320 e. The Morgan fingerprint density at radius 3 is 2.61 bits per heavy atom. The number of hydrogen-bond acceptors (Lipinski definition) is 4. The highest BCUT2D eigenvalue weighted by Crippen LogP contribution is 2.44. The second kappa shape index (κ2) is 8.35. The van der Waals surface area contributed by atoms with Gasteiger partial charge < -0.3 is 4.90 Å². The predicted molar refractivity (Wildman–Crippen MR) is 118 cm³/mol. The molecule has 5 nitrogen and oxygen atoms in total. The normalized spacial score (nSPS) is 14.2. The van der Waals surface area contributed by atoms with Crippen LogP contribution in [-0.2, 0) is 0 Å². The van der Waals surface area contributed by atoms with Gasteiger partial charge in [0.25, 0.3) is 6.43 Å². The number of fused-ring (bicyclic) bond motifs is 1. The maximum atomic E-state index is 15.0. The number of aromatic nitrogens is 2. The van der Waals surface area contributed by atoms with Crippen LogP contribution in [0.5, 0.6) is 0 Å². The molecule has 33 heavy (non-hydrogen) atoms. The van der Waals surface area contributed by atoms with Crippen molar-refractivity contribution < 1.29 is 17.6 Å². The molecule has 3 aromatic rings. The minimum atomic E-state index is -2.86. The molecule has 0 radical (unpaired) electrons. The minimum absolute atomic E-state index is 0.0151. The summed E-state index contributed by atoms with van der Waals surface area (Å²) in [5, 5.41) is 16.0. The largest absolute Gasteiger partial charge is 0.320 e. The molecule has 1 aromatic heterocycles. The molecule has 0 saturated heterocycles. The Morgan fingerprint density at radius 2 is 1.97 bits per heavy atom. The number of anilines is 2. The lowest BCUT2D eigenvalue weighted by atomic mass is 10.1. The number of benzene rings is 2. The monoisotopic (exact) mass is 455 g/mol. The fourth-order valence-corrected chi connectivity index (χ4v) is 3.57. The van der Waals surface area contributed by atoms with E-state index in [0.717, 1.165) is 34.4 Å². The number of nitrogens with zero attached hydrogens (tertiary/aromatic N) is 3. The first-order valence-electron chi connectivity index (χ1n) is 10.3. The van der Waals surface area contributed by atoms with Crippen LogP contribution in [-0.4, -0.2) is 28.4 Å². The molecule has 170 valence electrons. The van der Waals surface area contributed by atoms with Gasteiger partial charge in [0.15, 0.2) is 0 Å². The van der Waals surface area contributed by atoms with E-state index in [9.17, 15) is 17.6 Å². The zero-order chi connectivity index (χ0) is 23.9. The van der Waals surface area contributed by atoms with Gasteiger partial charge in [-0.2, -0.15) is 4.98 Å². The number of rotatable bonds is 4. The molecular weight excluding hydrogens is 434 g/mol. The topological polar surface area (TPSA) is 68.8 Å². The highest BCUT2D eigenvalue weighted by molar-refractivity contribution is 5.97. The Morgan fingerprint density at radius 1 is 1.24 bits per heavy atom. The summed E-state index contributed by atoms with van der Waals surface area (Å²) in [6.07, 6.45) is -0.974. The third kappa shape index (κ3) is 4.60. The molecule has 0 amide bonds. The summed E-state index contributed by atoms with van der Waals surface area (Å²) in [7, 11) is 0. The van der Waals surface area contributed by atoms with Crippen LogP contribution in [0.2, 0.25) is 0 Å². The SMILES string of the molecule is CC(=N)n1c(=N)nc(N(CC(F)F)c2cc(F)cc(C#CC3(C)CC3)c2)c2c(F)cccc21. The van der Waals surface area contributed by atoms with Gasteiger partial charge >= 0.3 is 0 Å². The zero-order valence-corrected chi connectivity index (χ0v) is 18.0. The molecule has 1 aliphatic carbocycles. The van der Waals surface area contributed by atoms with E-state index in [-0.39, 0.29) is 33.7 Å². The average Bonchev–Trinajstić information content (AvgIpc) is 3.47. The van der Waals surface area contributed by atoms with E-state index in [1.54, 1.807) is 0 Å². The van der Waals surface area contributed by atoms with Crippen molar-refractivity contribution in [3.05, 3.63) is 59.2 Å².